The number of benzene rings is 1. The number of nitrogens with zero attached hydrogens (tertiary/aromatic N) is 2. The van der Waals surface area contributed by atoms with Crippen LogP contribution in [0.25, 0.3) is 0 Å². The van der Waals surface area contributed by atoms with E-state index in [9.17, 15) is 9.59 Å². The molecule has 7 heteroatoms. The Labute approximate surface area is 120 Å². The minimum Gasteiger partial charge on any atom is -0.443 e. The van der Waals surface area contributed by atoms with Gasteiger partial charge in [0.05, 0.1) is 13.0 Å². The van der Waals surface area contributed by atoms with Crippen molar-refractivity contribution < 1.29 is 13.9 Å². The van der Waals surface area contributed by atoms with Crippen LogP contribution < -0.4 is 10.7 Å². The number of carbonyl (C=O) groups is 1. The molecule has 0 radical (unpaired) electrons. The second kappa shape index (κ2) is 5.43. The number of hydrogen-bond acceptors (Lipinski definition) is 5. The molecule has 1 amide bonds. The zero-order chi connectivity index (χ0) is 14.8. The molecule has 1 aromatic carbocycles. The minimum absolute atomic E-state index is 0.238. The maximum atomic E-state index is 12.0. The first-order valence-electron chi connectivity index (χ1n) is 6.77. The molecule has 0 aliphatic carbocycles. The highest BCUT2D eigenvalue weighted by Gasteiger charge is 2.33. The van der Waals surface area contributed by atoms with Crippen LogP contribution in [0.3, 0.4) is 0 Å². The number of ether oxygens (including phenoxy) is 1. The monoisotopic (exact) mass is 289 g/mol. The van der Waals surface area contributed by atoms with Crippen molar-refractivity contribution in [1.82, 2.24) is 10.2 Å². The number of aromatic amines is 1. The smallest absolute Gasteiger partial charge is 0.434 e. The Balaban J connectivity index is 1.73. The van der Waals surface area contributed by atoms with Gasteiger partial charge in [0.1, 0.15) is 6.10 Å². The Kier molecular flexibility index (Phi) is 3.47. The lowest BCUT2D eigenvalue weighted by molar-refractivity contribution is 0.137. The highest BCUT2D eigenvalue weighted by atomic mass is 16.6. The summed E-state index contributed by atoms with van der Waals surface area (Å²) in [6.07, 6.45) is 0.396. The minimum atomic E-state index is -0.609. The summed E-state index contributed by atoms with van der Waals surface area (Å²) in [4.78, 5) is 24.4. The molecule has 1 saturated heterocycles. The van der Waals surface area contributed by atoms with Crippen molar-refractivity contribution in [2.24, 2.45) is 0 Å². The summed E-state index contributed by atoms with van der Waals surface area (Å²) >= 11 is 0. The Bertz CT molecular complexity index is 706. The molecule has 1 aliphatic heterocycles. The van der Waals surface area contributed by atoms with E-state index in [1.807, 2.05) is 24.3 Å². The summed E-state index contributed by atoms with van der Waals surface area (Å²) < 4.78 is 10.1. The van der Waals surface area contributed by atoms with Crippen molar-refractivity contribution in [2.45, 2.75) is 25.9 Å². The van der Waals surface area contributed by atoms with Gasteiger partial charge in [-0.25, -0.2) is 14.7 Å². The fourth-order valence-corrected chi connectivity index (χ4v) is 2.33. The molecule has 0 saturated carbocycles. The van der Waals surface area contributed by atoms with Gasteiger partial charge in [-0.3, -0.25) is 4.90 Å². The van der Waals surface area contributed by atoms with Crippen molar-refractivity contribution in [3.63, 3.8) is 0 Å². The van der Waals surface area contributed by atoms with Crippen LogP contribution >= 0.6 is 0 Å². The topological polar surface area (TPSA) is 88.4 Å². The van der Waals surface area contributed by atoms with Crippen LogP contribution in [0.5, 0.6) is 0 Å². The fourth-order valence-electron chi connectivity index (χ4n) is 2.33. The molecule has 1 aromatic heterocycles. The van der Waals surface area contributed by atoms with Crippen LogP contribution in [0.4, 0.5) is 10.5 Å². The van der Waals surface area contributed by atoms with E-state index >= 15 is 0 Å². The first-order chi connectivity index (χ1) is 10.2. The van der Waals surface area contributed by atoms with Crippen LogP contribution in [-0.2, 0) is 17.6 Å². The zero-order valence-corrected chi connectivity index (χ0v) is 11.5. The third-order valence-corrected chi connectivity index (χ3v) is 3.39. The molecule has 21 heavy (non-hydrogen) atoms. The SMILES string of the molecule is CCc1cccc(N2CC(Cc3n[nH]c(=O)o3)OC2=O)c1. The number of hydrogen-bond donors (Lipinski definition) is 1. The van der Waals surface area contributed by atoms with Crippen molar-refractivity contribution in [1.29, 1.82) is 0 Å². The lowest BCUT2D eigenvalue weighted by atomic mass is 10.1. The van der Waals surface area contributed by atoms with Crippen LogP contribution in [0.1, 0.15) is 18.4 Å². The number of aromatic nitrogens is 2. The molecule has 2 heterocycles. The quantitative estimate of drug-likeness (QED) is 0.921. The van der Waals surface area contributed by atoms with Gasteiger partial charge in [-0.15, -0.1) is 5.10 Å². The maximum absolute atomic E-state index is 12.0. The average molecular weight is 289 g/mol. The van der Waals surface area contributed by atoms with E-state index < -0.39 is 11.8 Å². The van der Waals surface area contributed by atoms with E-state index in [-0.39, 0.29) is 18.4 Å². The predicted octanol–water partition coefficient (Wildman–Crippen LogP) is 1.49. The summed E-state index contributed by atoms with van der Waals surface area (Å²) in [6.45, 7) is 2.46. The third kappa shape index (κ3) is 2.81. The second-order valence-electron chi connectivity index (χ2n) is 4.85. The molecule has 1 aliphatic rings. The van der Waals surface area contributed by atoms with Gasteiger partial charge in [-0.2, -0.15) is 0 Å². The van der Waals surface area contributed by atoms with Gasteiger partial charge in [0.15, 0.2) is 0 Å². The van der Waals surface area contributed by atoms with E-state index in [1.54, 1.807) is 4.90 Å². The summed E-state index contributed by atoms with van der Waals surface area (Å²) in [7, 11) is 0. The molecule has 110 valence electrons. The summed E-state index contributed by atoms with van der Waals surface area (Å²) in [5.74, 6) is -0.371. The molecule has 1 N–H and O–H groups in total. The number of cyclic esters (lactones) is 1. The normalized spacial score (nSPS) is 18.0. The Morgan fingerprint density at radius 1 is 1.43 bits per heavy atom. The first-order valence-corrected chi connectivity index (χ1v) is 6.77. The predicted molar refractivity (Wildman–Crippen MR) is 74.3 cm³/mol. The highest BCUT2D eigenvalue weighted by Crippen LogP contribution is 2.24. The molecule has 0 bridgehead atoms. The Hall–Kier alpha value is -2.57. The van der Waals surface area contributed by atoms with E-state index in [0.717, 1.165) is 17.7 Å². The van der Waals surface area contributed by atoms with Gasteiger partial charge in [0, 0.05) is 5.69 Å². The molecule has 1 fully saturated rings. The van der Waals surface area contributed by atoms with Gasteiger partial charge in [0.2, 0.25) is 5.89 Å². The first kappa shape index (κ1) is 13.4. The molecular formula is C14H15N3O4. The molecular weight excluding hydrogens is 274 g/mol. The molecule has 3 rings (SSSR count). The van der Waals surface area contributed by atoms with Crippen LogP contribution in [0.15, 0.2) is 33.5 Å². The number of anilines is 1. The van der Waals surface area contributed by atoms with Crippen molar-refractivity contribution in [2.75, 3.05) is 11.4 Å². The Morgan fingerprint density at radius 3 is 3.00 bits per heavy atom. The van der Waals surface area contributed by atoms with Crippen molar-refractivity contribution in [3.05, 3.63) is 46.3 Å². The maximum Gasteiger partial charge on any atom is 0.434 e. The fraction of sp³-hybridized carbons (Fsp3) is 0.357. The van der Waals surface area contributed by atoms with E-state index in [0.29, 0.717) is 6.54 Å². The molecule has 7 nitrogen and oxygen atoms in total. The number of nitrogens with one attached hydrogen (secondary N) is 1. The van der Waals surface area contributed by atoms with Crippen molar-refractivity contribution in [3.8, 4) is 0 Å². The summed E-state index contributed by atoms with van der Waals surface area (Å²) in [6, 6.07) is 7.78. The molecule has 0 spiro atoms. The standard InChI is InChI=1S/C14H15N3O4/c1-2-9-4-3-5-10(6-9)17-8-11(20-14(17)19)7-12-15-16-13(18)21-12/h3-6,11H,2,7-8H2,1H3,(H,16,18). The number of carbonyl (C=O) groups excluding carboxylic acids is 1. The average Bonchev–Trinajstić information content (AvgIpc) is 3.05. The Morgan fingerprint density at radius 2 is 2.29 bits per heavy atom. The summed E-state index contributed by atoms with van der Waals surface area (Å²) in [5.41, 5.74) is 1.97. The van der Waals surface area contributed by atoms with Crippen molar-refractivity contribution >= 4 is 11.8 Å². The number of H-pyrrole nitrogens is 1. The van der Waals surface area contributed by atoms with Crippen LogP contribution in [-0.4, -0.2) is 28.9 Å². The lowest BCUT2D eigenvalue weighted by Crippen LogP contribution is -2.25. The number of rotatable bonds is 4. The van der Waals surface area contributed by atoms with E-state index in [4.69, 9.17) is 9.15 Å². The molecule has 1 unspecified atom stereocenters. The zero-order valence-electron chi connectivity index (χ0n) is 11.5. The number of aryl methyl sites for hydroxylation is 1. The second-order valence-corrected chi connectivity index (χ2v) is 4.85. The molecule has 2 aromatic rings. The lowest BCUT2D eigenvalue weighted by Gasteiger charge is -2.13. The molecule has 1 atom stereocenters. The van der Waals surface area contributed by atoms with Gasteiger partial charge in [-0.05, 0) is 24.1 Å². The van der Waals surface area contributed by atoms with E-state index in [2.05, 4.69) is 17.1 Å². The third-order valence-electron chi connectivity index (χ3n) is 3.39. The van der Waals surface area contributed by atoms with Gasteiger partial charge in [0.25, 0.3) is 0 Å². The number of amides is 1. The van der Waals surface area contributed by atoms with Gasteiger partial charge >= 0.3 is 11.8 Å². The highest BCUT2D eigenvalue weighted by molar-refractivity contribution is 5.89. The largest absolute Gasteiger partial charge is 0.443 e. The summed E-state index contributed by atoms with van der Waals surface area (Å²) in [5, 5.41) is 5.90. The van der Waals surface area contributed by atoms with Gasteiger partial charge < -0.3 is 9.15 Å². The van der Waals surface area contributed by atoms with E-state index in [1.165, 1.54) is 0 Å². The van der Waals surface area contributed by atoms with Gasteiger partial charge in [-0.1, -0.05) is 19.1 Å². The van der Waals surface area contributed by atoms with Crippen LogP contribution in [0, 0.1) is 0 Å². The van der Waals surface area contributed by atoms with Crippen LogP contribution in [0.2, 0.25) is 0 Å².